The number of aryl methyl sites for hydroxylation is 1. The molecule has 1 unspecified atom stereocenters. The lowest BCUT2D eigenvalue weighted by atomic mass is 10.2. The Kier molecular flexibility index (Phi) is 6.19. The average molecular weight is 242 g/mol. The topological polar surface area (TPSA) is 89.3 Å². The monoisotopic (exact) mass is 242 g/mol. The molecule has 0 radical (unpaired) electrons. The molecule has 96 valence electrons. The van der Waals surface area contributed by atoms with Gasteiger partial charge in [-0.1, -0.05) is 5.21 Å². The molecular weight excluding hydrogens is 224 g/mol. The van der Waals surface area contributed by atoms with Crippen molar-refractivity contribution in [2.45, 2.75) is 25.4 Å². The summed E-state index contributed by atoms with van der Waals surface area (Å²) < 4.78 is 6.55. The fraction of sp³-hybridized carbons (Fsp3) is 0.700. The SMILES string of the molecule is COCC(CCO)NC(=O)CCn1ccnn1. The van der Waals surface area contributed by atoms with Gasteiger partial charge in [0.2, 0.25) is 5.91 Å². The molecule has 1 rings (SSSR count). The number of hydrogen-bond acceptors (Lipinski definition) is 5. The molecule has 7 nitrogen and oxygen atoms in total. The maximum atomic E-state index is 11.6. The standard InChI is InChI=1S/C10H18N4O3/c1-17-8-9(3-7-15)12-10(16)2-5-14-6-4-11-13-14/h4,6,9,15H,2-3,5,7-8H2,1H3,(H,12,16). The van der Waals surface area contributed by atoms with Gasteiger partial charge < -0.3 is 15.2 Å². The molecule has 0 saturated carbocycles. The van der Waals surface area contributed by atoms with Crippen LogP contribution >= 0.6 is 0 Å². The van der Waals surface area contributed by atoms with E-state index < -0.39 is 0 Å². The number of rotatable bonds is 8. The van der Waals surface area contributed by atoms with Crippen LogP contribution in [0.5, 0.6) is 0 Å². The summed E-state index contributed by atoms with van der Waals surface area (Å²) in [5.74, 6) is -0.0870. The van der Waals surface area contributed by atoms with E-state index in [1.54, 1.807) is 24.2 Å². The van der Waals surface area contributed by atoms with E-state index in [-0.39, 0.29) is 18.6 Å². The molecule has 0 aliphatic carbocycles. The highest BCUT2D eigenvalue weighted by Crippen LogP contribution is 1.94. The van der Waals surface area contributed by atoms with E-state index in [1.807, 2.05) is 0 Å². The van der Waals surface area contributed by atoms with E-state index in [4.69, 9.17) is 9.84 Å². The number of nitrogens with one attached hydrogen (secondary N) is 1. The van der Waals surface area contributed by atoms with Gasteiger partial charge in [-0.25, -0.2) is 0 Å². The molecule has 0 spiro atoms. The van der Waals surface area contributed by atoms with E-state index >= 15 is 0 Å². The predicted molar refractivity (Wildman–Crippen MR) is 60.1 cm³/mol. The number of methoxy groups -OCH3 is 1. The first-order chi connectivity index (χ1) is 8.26. The number of aliphatic hydroxyl groups excluding tert-OH is 1. The number of ether oxygens (including phenoxy) is 1. The van der Waals surface area contributed by atoms with Crippen LogP contribution in [0.3, 0.4) is 0 Å². The summed E-state index contributed by atoms with van der Waals surface area (Å²) in [7, 11) is 1.56. The van der Waals surface area contributed by atoms with Gasteiger partial charge in [0.05, 0.1) is 25.4 Å². The molecule has 1 amide bonds. The first-order valence-corrected chi connectivity index (χ1v) is 5.49. The molecule has 7 heteroatoms. The lowest BCUT2D eigenvalue weighted by Crippen LogP contribution is -2.39. The van der Waals surface area contributed by atoms with Crippen LogP contribution in [0.2, 0.25) is 0 Å². The van der Waals surface area contributed by atoms with Crippen LogP contribution in [0.1, 0.15) is 12.8 Å². The minimum absolute atomic E-state index is 0.0252. The Bertz CT molecular complexity index is 309. The van der Waals surface area contributed by atoms with Gasteiger partial charge in [-0.05, 0) is 6.42 Å². The number of carbonyl (C=O) groups is 1. The molecule has 2 N–H and O–H groups in total. The lowest BCUT2D eigenvalue weighted by molar-refractivity contribution is -0.122. The van der Waals surface area contributed by atoms with Crippen molar-refractivity contribution in [1.82, 2.24) is 20.3 Å². The number of hydrogen-bond donors (Lipinski definition) is 2. The van der Waals surface area contributed by atoms with E-state index in [9.17, 15) is 4.79 Å². The Hall–Kier alpha value is -1.47. The molecule has 0 saturated heterocycles. The molecule has 0 fully saturated rings. The van der Waals surface area contributed by atoms with Gasteiger partial charge >= 0.3 is 0 Å². The Morgan fingerprint density at radius 3 is 3.06 bits per heavy atom. The quantitative estimate of drug-likeness (QED) is 0.622. The Balaban J connectivity index is 2.26. The maximum absolute atomic E-state index is 11.6. The van der Waals surface area contributed by atoms with Crippen molar-refractivity contribution in [3.05, 3.63) is 12.4 Å². The minimum Gasteiger partial charge on any atom is -0.396 e. The second kappa shape index (κ2) is 7.75. The summed E-state index contributed by atoms with van der Waals surface area (Å²) in [6.07, 6.45) is 4.09. The third-order valence-electron chi connectivity index (χ3n) is 2.25. The summed E-state index contributed by atoms with van der Waals surface area (Å²) in [6.45, 7) is 0.914. The van der Waals surface area contributed by atoms with Gasteiger partial charge in [0.15, 0.2) is 0 Å². The van der Waals surface area contributed by atoms with Crippen molar-refractivity contribution >= 4 is 5.91 Å². The number of aromatic nitrogens is 3. The zero-order chi connectivity index (χ0) is 12.5. The zero-order valence-electron chi connectivity index (χ0n) is 9.87. The molecule has 1 aromatic heterocycles. The smallest absolute Gasteiger partial charge is 0.222 e. The summed E-state index contributed by atoms with van der Waals surface area (Å²) in [4.78, 5) is 11.6. The second-order valence-electron chi connectivity index (χ2n) is 3.65. The van der Waals surface area contributed by atoms with Crippen LogP contribution in [0.25, 0.3) is 0 Å². The lowest BCUT2D eigenvalue weighted by Gasteiger charge is -2.16. The fourth-order valence-corrected chi connectivity index (χ4v) is 1.42. The average Bonchev–Trinajstić information content (AvgIpc) is 2.80. The number of amides is 1. The third kappa shape index (κ3) is 5.41. The van der Waals surface area contributed by atoms with Gasteiger partial charge in [0, 0.05) is 26.3 Å². The van der Waals surface area contributed by atoms with Crippen molar-refractivity contribution in [3.8, 4) is 0 Å². The van der Waals surface area contributed by atoms with Crippen LogP contribution in [-0.2, 0) is 16.1 Å². The highest BCUT2D eigenvalue weighted by molar-refractivity contribution is 5.76. The second-order valence-corrected chi connectivity index (χ2v) is 3.65. The summed E-state index contributed by atoms with van der Waals surface area (Å²) in [5, 5.41) is 19.0. The summed E-state index contributed by atoms with van der Waals surface area (Å²) in [5.41, 5.74) is 0. The number of nitrogens with zero attached hydrogens (tertiary/aromatic N) is 3. The summed E-state index contributed by atoms with van der Waals surface area (Å²) >= 11 is 0. The van der Waals surface area contributed by atoms with E-state index in [0.717, 1.165) is 0 Å². The van der Waals surface area contributed by atoms with Crippen molar-refractivity contribution in [3.63, 3.8) is 0 Å². The van der Waals surface area contributed by atoms with E-state index in [0.29, 0.717) is 26.0 Å². The molecule has 1 heterocycles. The molecule has 17 heavy (non-hydrogen) atoms. The van der Waals surface area contributed by atoms with Gasteiger partial charge in [-0.15, -0.1) is 5.10 Å². The molecule has 0 aromatic carbocycles. The maximum Gasteiger partial charge on any atom is 0.222 e. The van der Waals surface area contributed by atoms with Gasteiger partial charge in [-0.2, -0.15) is 0 Å². The molecule has 0 aliphatic heterocycles. The Morgan fingerprint density at radius 2 is 2.47 bits per heavy atom. The van der Waals surface area contributed by atoms with Gasteiger partial charge in [-0.3, -0.25) is 9.48 Å². The molecule has 1 aromatic rings. The Morgan fingerprint density at radius 1 is 1.65 bits per heavy atom. The van der Waals surface area contributed by atoms with Crippen LogP contribution < -0.4 is 5.32 Å². The van der Waals surface area contributed by atoms with Gasteiger partial charge in [0.1, 0.15) is 0 Å². The van der Waals surface area contributed by atoms with Crippen LogP contribution in [0, 0.1) is 0 Å². The van der Waals surface area contributed by atoms with Crippen LogP contribution in [0.15, 0.2) is 12.4 Å². The van der Waals surface area contributed by atoms with Crippen molar-refractivity contribution in [2.75, 3.05) is 20.3 Å². The largest absolute Gasteiger partial charge is 0.396 e. The first-order valence-electron chi connectivity index (χ1n) is 5.49. The zero-order valence-corrected chi connectivity index (χ0v) is 9.87. The van der Waals surface area contributed by atoms with Crippen LogP contribution in [0.4, 0.5) is 0 Å². The highest BCUT2D eigenvalue weighted by Gasteiger charge is 2.11. The van der Waals surface area contributed by atoms with E-state index in [2.05, 4.69) is 15.6 Å². The third-order valence-corrected chi connectivity index (χ3v) is 2.25. The van der Waals surface area contributed by atoms with Crippen molar-refractivity contribution < 1.29 is 14.6 Å². The van der Waals surface area contributed by atoms with Crippen molar-refractivity contribution in [1.29, 1.82) is 0 Å². The minimum atomic E-state index is -0.145. The Labute approximate surface area is 99.8 Å². The molecule has 0 bridgehead atoms. The van der Waals surface area contributed by atoms with Crippen LogP contribution in [-0.4, -0.2) is 52.4 Å². The van der Waals surface area contributed by atoms with Gasteiger partial charge in [0.25, 0.3) is 0 Å². The predicted octanol–water partition coefficient (Wildman–Crippen LogP) is -0.818. The number of carbonyl (C=O) groups excluding carboxylic acids is 1. The molecule has 0 aliphatic rings. The molecular formula is C10H18N4O3. The highest BCUT2D eigenvalue weighted by atomic mass is 16.5. The van der Waals surface area contributed by atoms with E-state index in [1.165, 1.54) is 0 Å². The number of aliphatic hydroxyl groups is 1. The summed E-state index contributed by atoms with van der Waals surface area (Å²) in [6, 6.07) is -0.145. The molecule has 1 atom stereocenters. The fourth-order valence-electron chi connectivity index (χ4n) is 1.42. The normalized spacial score (nSPS) is 12.4. The first kappa shape index (κ1) is 13.6. The van der Waals surface area contributed by atoms with Crippen molar-refractivity contribution in [2.24, 2.45) is 0 Å².